The predicted molar refractivity (Wildman–Crippen MR) is 104 cm³/mol. The third kappa shape index (κ3) is 4.19. The first kappa shape index (κ1) is 17.7. The van der Waals surface area contributed by atoms with E-state index < -0.39 is 0 Å². The standard InChI is InChI=1S/C22H19FN2OS/c23-18-8-6-17(7-9-18)22(12-13-22)15-25-21(26)16-4-10-19(11-5-16)27-20-3-1-2-14-24-20/h1-11,14H,12-13,15H2,(H,25,26). The Labute approximate surface area is 162 Å². The Morgan fingerprint density at radius 1 is 1.04 bits per heavy atom. The smallest absolute Gasteiger partial charge is 0.251 e. The van der Waals surface area contributed by atoms with E-state index in [1.165, 1.54) is 12.1 Å². The molecule has 3 nitrogen and oxygen atoms in total. The minimum absolute atomic E-state index is 0.0435. The molecule has 0 radical (unpaired) electrons. The van der Waals surface area contributed by atoms with Crippen LogP contribution < -0.4 is 5.32 Å². The summed E-state index contributed by atoms with van der Waals surface area (Å²) in [5.41, 5.74) is 1.68. The van der Waals surface area contributed by atoms with Gasteiger partial charge in [-0.05, 0) is 66.9 Å². The summed E-state index contributed by atoms with van der Waals surface area (Å²) in [6.07, 6.45) is 3.79. The van der Waals surface area contributed by atoms with Gasteiger partial charge in [-0.25, -0.2) is 9.37 Å². The monoisotopic (exact) mass is 378 g/mol. The van der Waals surface area contributed by atoms with E-state index >= 15 is 0 Å². The minimum atomic E-state index is -0.234. The molecule has 1 fully saturated rings. The van der Waals surface area contributed by atoms with Crippen molar-refractivity contribution >= 4 is 17.7 Å². The maximum Gasteiger partial charge on any atom is 0.251 e. The second-order valence-electron chi connectivity index (χ2n) is 6.76. The fraction of sp³-hybridized carbons (Fsp3) is 0.182. The van der Waals surface area contributed by atoms with Crippen molar-refractivity contribution < 1.29 is 9.18 Å². The minimum Gasteiger partial charge on any atom is -0.351 e. The maximum absolute atomic E-state index is 13.1. The number of benzene rings is 2. The van der Waals surface area contributed by atoms with Gasteiger partial charge in [0.2, 0.25) is 0 Å². The molecule has 1 amide bonds. The van der Waals surface area contributed by atoms with Crippen LogP contribution in [-0.2, 0) is 5.41 Å². The fourth-order valence-corrected chi connectivity index (χ4v) is 3.85. The molecule has 2 aromatic carbocycles. The van der Waals surface area contributed by atoms with Crippen LogP contribution in [-0.4, -0.2) is 17.4 Å². The van der Waals surface area contributed by atoms with Gasteiger partial charge >= 0.3 is 0 Å². The lowest BCUT2D eigenvalue weighted by Crippen LogP contribution is -2.32. The largest absolute Gasteiger partial charge is 0.351 e. The van der Waals surface area contributed by atoms with E-state index in [-0.39, 0.29) is 17.1 Å². The van der Waals surface area contributed by atoms with E-state index in [0.29, 0.717) is 12.1 Å². The van der Waals surface area contributed by atoms with E-state index in [1.807, 2.05) is 54.6 Å². The Morgan fingerprint density at radius 3 is 2.41 bits per heavy atom. The third-order valence-electron chi connectivity index (χ3n) is 4.87. The maximum atomic E-state index is 13.1. The van der Waals surface area contributed by atoms with Crippen LogP contribution in [0.2, 0.25) is 0 Å². The van der Waals surface area contributed by atoms with Crippen molar-refractivity contribution in [3.8, 4) is 0 Å². The molecule has 0 spiro atoms. The van der Waals surface area contributed by atoms with Crippen molar-refractivity contribution in [2.75, 3.05) is 6.54 Å². The quantitative estimate of drug-likeness (QED) is 0.668. The number of hydrogen-bond donors (Lipinski definition) is 1. The molecule has 27 heavy (non-hydrogen) atoms. The van der Waals surface area contributed by atoms with Crippen molar-refractivity contribution in [1.29, 1.82) is 0 Å². The summed E-state index contributed by atoms with van der Waals surface area (Å²) in [4.78, 5) is 17.8. The molecule has 0 atom stereocenters. The summed E-state index contributed by atoms with van der Waals surface area (Å²) in [6, 6.07) is 19.9. The van der Waals surface area contributed by atoms with Gasteiger partial charge in [-0.15, -0.1) is 0 Å². The van der Waals surface area contributed by atoms with Gasteiger partial charge in [-0.2, -0.15) is 0 Å². The van der Waals surface area contributed by atoms with Gasteiger partial charge in [-0.1, -0.05) is 30.0 Å². The van der Waals surface area contributed by atoms with Gasteiger partial charge in [0.25, 0.3) is 5.91 Å². The first-order valence-corrected chi connectivity index (χ1v) is 9.70. The average molecular weight is 378 g/mol. The zero-order chi connectivity index (χ0) is 18.7. The Hall–Kier alpha value is -2.66. The van der Waals surface area contributed by atoms with Crippen LogP contribution in [0.15, 0.2) is 82.8 Å². The number of amides is 1. The van der Waals surface area contributed by atoms with Crippen LogP contribution >= 0.6 is 11.8 Å². The SMILES string of the molecule is O=C(NCC1(c2ccc(F)cc2)CC1)c1ccc(Sc2ccccn2)cc1. The molecule has 4 rings (SSSR count). The van der Waals surface area contributed by atoms with Gasteiger partial charge in [0.1, 0.15) is 10.8 Å². The molecule has 0 bridgehead atoms. The number of nitrogens with zero attached hydrogens (tertiary/aromatic N) is 1. The lowest BCUT2D eigenvalue weighted by atomic mass is 9.96. The molecule has 1 saturated carbocycles. The molecule has 1 aliphatic rings. The van der Waals surface area contributed by atoms with Crippen LogP contribution in [0, 0.1) is 5.82 Å². The number of pyridine rings is 1. The summed E-state index contributed by atoms with van der Waals surface area (Å²) < 4.78 is 13.1. The van der Waals surface area contributed by atoms with E-state index in [0.717, 1.165) is 28.3 Å². The molecule has 1 aromatic heterocycles. The first-order chi connectivity index (χ1) is 13.1. The molecule has 0 aliphatic heterocycles. The summed E-state index contributed by atoms with van der Waals surface area (Å²) >= 11 is 1.56. The Bertz CT molecular complexity index is 923. The van der Waals surface area contributed by atoms with Gasteiger partial charge in [-0.3, -0.25) is 4.79 Å². The summed E-state index contributed by atoms with van der Waals surface area (Å²) in [6.45, 7) is 0.571. The van der Waals surface area contributed by atoms with Crippen LogP contribution in [0.5, 0.6) is 0 Å². The van der Waals surface area contributed by atoms with Gasteiger partial charge in [0.05, 0.1) is 0 Å². The average Bonchev–Trinajstić information content (AvgIpc) is 3.49. The number of nitrogens with one attached hydrogen (secondary N) is 1. The second kappa shape index (κ2) is 7.53. The van der Waals surface area contributed by atoms with Gasteiger partial charge in [0.15, 0.2) is 0 Å². The highest BCUT2D eigenvalue weighted by Gasteiger charge is 2.44. The molecular formula is C22H19FN2OS. The van der Waals surface area contributed by atoms with Gasteiger partial charge in [0, 0.05) is 28.6 Å². The molecule has 1 N–H and O–H groups in total. The lowest BCUT2D eigenvalue weighted by molar-refractivity contribution is 0.0949. The molecule has 3 aromatic rings. The van der Waals surface area contributed by atoms with Crippen LogP contribution in [0.1, 0.15) is 28.8 Å². The zero-order valence-electron chi connectivity index (χ0n) is 14.7. The number of halogens is 1. The highest BCUT2D eigenvalue weighted by atomic mass is 32.2. The number of aromatic nitrogens is 1. The van der Waals surface area contributed by atoms with E-state index in [9.17, 15) is 9.18 Å². The Morgan fingerprint density at radius 2 is 1.78 bits per heavy atom. The number of rotatable bonds is 6. The Kier molecular flexibility index (Phi) is 4.94. The normalized spacial score (nSPS) is 14.6. The van der Waals surface area contributed by atoms with Crippen molar-refractivity contribution in [2.45, 2.75) is 28.2 Å². The summed E-state index contributed by atoms with van der Waals surface area (Å²) in [5.74, 6) is -0.319. The summed E-state index contributed by atoms with van der Waals surface area (Å²) in [5, 5.41) is 3.95. The van der Waals surface area contributed by atoms with Crippen LogP contribution in [0.3, 0.4) is 0 Å². The highest BCUT2D eigenvalue weighted by molar-refractivity contribution is 7.99. The lowest BCUT2D eigenvalue weighted by Gasteiger charge is -2.16. The van der Waals surface area contributed by atoms with Crippen molar-refractivity contribution in [3.63, 3.8) is 0 Å². The van der Waals surface area contributed by atoms with Crippen molar-refractivity contribution in [3.05, 3.63) is 89.9 Å². The predicted octanol–water partition coefficient (Wildman–Crippen LogP) is 4.83. The molecule has 1 heterocycles. The Balaban J connectivity index is 1.36. The first-order valence-electron chi connectivity index (χ1n) is 8.88. The highest BCUT2D eigenvalue weighted by Crippen LogP contribution is 2.47. The molecule has 136 valence electrons. The third-order valence-corrected chi connectivity index (χ3v) is 5.83. The summed E-state index contributed by atoms with van der Waals surface area (Å²) in [7, 11) is 0. The molecule has 0 unspecified atom stereocenters. The molecule has 5 heteroatoms. The molecule has 0 saturated heterocycles. The van der Waals surface area contributed by atoms with Crippen molar-refractivity contribution in [2.24, 2.45) is 0 Å². The van der Waals surface area contributed by atoms with Gasteiger partial charge < -0.3 is 5.32 Å². The number of carbonyl (C=O) groups excluding carboxylic acids is 1. The van der Waals surface area contributed by atoms with Crippen LogP contribution in [0.25, 0.3) is 0 Å². The topological polar surface area (TPSA) is 42.0 Å². The van der Waals surface area contributed by atoms with E-state index in [1.54, 1.807) is 18.0 Å². The molecule has 1 aliphatic carbocycles. The fourth-order valence-electron chi connectivity index (χ4n) is 3.08. The van der Waals surface area contributed by atoms with Crippen molar-refractivity contribution in [1.82, 2.24) is 10.3 Å². The number of carbonyl (C=O) groups is 1. The number of hydrogen-bond acceptors (Lipinski definition) is 3. The zero-order valence-corrected chi connectivity index (χ0v) is 15.5. The molecular weight excluding hydrogens is 359 g/mol. The van der Waals surface area contributed by atoms with Crippen LogP contribution in [0.4, 0.5) is 4.39 Å². The second-order valence-corrected chi connectivity index (χ2v) is 7.86. The van der Waals surface area contributed by atoms with E-state index in [2.05, 4.69) is 10.3 Å². The van der Waals surface area contributed by atoms with E-state index in [4.69, 9.17) is 0 Å².